The van der Waals surface area contributed by atoms with Gasteiger partial charge in [0.15, 0.2) is 0 Å². The van der Waals surface area contributed by atoms with Crippen molar-refractivity contribution in [3.63, 3.8) is 0 Å². The van der Waals surface area contributed by atoms with Crippen molar-refractivity contribution in [1.29, 1.82) is 0 Å². The molecule has 2 aromatic heterocycles. The van der Waals surface area contributed by atoms with Gasteiger partial charge in [-0.1, -0.05) is 91.0 Å². The number of benzene rings is 6. The first-order valence-electron chi connectivity index (χ1n) is 13.6. The van der Waals surface area contributed by atoms with Crippen LogP contribution in [-0.2, 0) is 6.42 Å². The molecule has 0 aliphatic heterocycles. The van der Waals surface area contributed by atoms with E-state index in [9.17, 15) is 0 Å². The van der Waals surface area contributed by atoms with Gasteiger partial charge in [-0.25, -0.2) is 0 Å². The number of rotatable bonds is 2. The van der Waals surface area contributed by atoms with Crippen molar-refractivity contribution < 1.29 is 0 Å². The Morgan fingerprint density at radius 2 is 1.10 bits per heavy atom. The van der Waals surface area contributed by atoms with Gasteiger partial charge in [0.05, 0.1) is 22.1 Å². The van der Waals surface area contributed by atoms with Crippen molar-refractivity contribution >= 4 is 43.6 Å². The van der Waals surface area contributed by atoms with Crippen LogP contribution in [0.4, 0.5) is 0 Å². The van der Waals surface area contributed by atoms with Crippen molar-refractivity contribution in [2.75, 3.05) is 0 Å². The molecule has 0 amide bonds. The van der Waals surface area contributed by atoms with Gasteiger partial charge in [-0.2, -0.15) is 0 Å². The predicted molar refractivity (Wildman–Crippen MR) is 163 cm³/mol. The van der Waals surface area contributed by atoms with Crippen LogP contribution in [0.3, 0.4) is 0 Å². The fraction of sp³-hybridized carbons (Fsp3) is 0.0270. The monoisotopic (exact) mass is 496 g/mol. The zero-order chi connectivity index (χ0) is 25.5. The molecule has 0 atom stereocenters. The van der Waals surface area contributed by atoms with Crippen molar-refractivity contribution in [1.82, 2.24) is 9.13 Å². The first-order valence-corrected chi connectivity index (χ1v) is 13.6. The largest absolute Gasteiger partial charge is 0.309 e. The number of hydrogen-bond donors (Lipinski definition) is 0. The number of hydrogen-bond acceptors (Lipinski definition) is 0. The standard InChI is InChI=1S/C37H24N2/c1-2-11-26(12-3-1)39-33-16-8-6-14-30(33)31-20-21-35-36(37(31)39)32-15-7-9-17-34(32)38(35)27-18-19-29-25(23-27)22-24-10-4-5-13-28(24)29/h1-21,23H,22H2. The Balaban J connectivity index is 1.41. The van der Waals surface area contributed by atoms with Gasteiger partial charge >= 0.3 is 0 Å². The van der Waals surface area contributed by atoms with Crippen molar-refractivity contribution in [3.05, 3.63) is 145 Å². The van der Waals surface area contributed by atoms with Crippen LogP contribution >= 0.6 is 0 Å². The normalized spacial score (nSPS) is 12.5. The molecule has 8 aromatic rings. The Kier molecular flexibility index (Phi) is 4.14. The van der Waals surface area contributed by atoms with Gasteiger partial charge in [0, 0.05) is 32.9 Å². The van der Waals surface area contributed by atoms with E-state index in [-0.39, 0.29) is 0 Å². The average molecular weight is 497 g/mol. The van der Waals surface area contributed by atoms with Crippen LogP contribution in [0.25, 0.3) is 66.1 Å². The van der Waals surface area contributed by atoms with Crippen molar-refractivity contribution in [2.24, 2.45) is 0 Å². The van der Waals surface area contributed by atoms with E-state index in [0.717, 1.165) is 6.42 Å². The van der Waals surface area contributed by atoms with Crippen molar-refractivity contribution in [3.8, 4) is 22.5 Å². The molecule has 2 heteroatoms. The van der Waals surface area contributed by atoms with E-state index in [0.29, 0.717) is 0 Å². The number of nitrogens with zero attached hydrogens (tertiary/aromatic N) is 2. The fourth-order valence-corrected chi connectivity index (χ4v) is 6.90. The van der Waals surface area contributed by atoms with E-state index in [1.807, 2.05) is 0 Å². The Bertz CT molecular complexity index is 2250. The molecular weight excluding hydrogens is 472 g/mol. The van der Waals surface area contributed by atoms with Gasteiger partial charge in [0.1, 0.15) is 0 Å². The van der Waals surface area contributed by atoms with Gasteiger partial charge in [-0.3, -0.25) is 0 Å². The van der Waals surface area contributed by atoms with Crippen LogP contribution in [0.5, 0.6) is 0 Å². The van der Waals surface area contributed by atoms with Crippen LogP contribution in [0.15, 0.2) is 133 Å². The average Bonchev–Trinajstić information content (AvgIpc) is 3.64. The minimum atomic E-state index is 0.989. The SMILES string of the molecule is c1ccc(-n2c3ccccc3c3ccc4c(c5ccccc5n4-c4ccc5c(c4)Cc4ccccc4-5)c32)cc1. The zero-order valence-corrected chi connectivity index (χ0v) is 21.3. The van der Waals surface area contributed by atoms with E-state index < -0.39 is 0 Å². The minimum Gasteiger partial charge on any atom is -0.309 e. The molecule has 0 unspecified atom stereocenters. The molecule has 0 fully saturated rings. The van der Waals surface area contributed by atoms with E-state index in [1.165, 1.54) is 77.2 Å². The highest BCUT2D eigenvalue weighted by Gasteiger charge is 2.22. The Morgan fingerprint density at radius 1 is 0.410 bits per heavy atom. The third kappa shape index (κ3) is 2.81. The Labute approximate surface area is 226 Å². The molecule has 6 aromatic carbocycles. The molecule has 1 aliphatic rings. The maximum atomic E-state index is 2.46. The second-order valence-electron chi connectivity index (χ2n) is 10.6. The van der Waals surface area contributed by atoms with Crippen LogP contribution in [0.1, 0.15) is 11.1 Å². The summed E-state index contributed by atoms with van der Waals surface area (Å²) < 4.78 is 4.91. The molecule has 39 heavy (non-hydrogen) atoms. The third-order valence-electron chi connectivity index (χ3n) is 8.52. The maximum Gasteiger partial charge on any atom is 0.0641 e. The van der Waals surface area contributed by atoms with E-state index in [1.54, 1.807) is 0 Å². The highest BCUT2D eigenvalue weighted by molar-refractivity contribution is 6.26. The van der Waals surface area contributed by atoms with Gasteiger partial charge in [0.2, 0.25) is 0 Å². The number of fused-ring (bicyclic) bond motifs is 10. The highest BCUT2D eigenvalue weighted by Crippen LogP contribution is 2.43. The molecule has 2 nitrogen and oxygen atoms in total. The number of aromatic nitrogens is 2. The molecule has 2 heterocycles. The Hall–Kier alpha value is -5.08. The smallest absolute Gasteiger partial charge is 0.0641 e. The van der Waals surface area contributed by atoms with Gasteiger partial charge in [-0.05, 0) is 71.1 Å². The van der Waals surface area contributed by atoms with Crippen LogP contribution < -0.4 is 0 Å². The fourth-order valence-electron chi connectivity index (χ4n) is 6.90. The maximum absolute atomic E-state index is 2.46. The summed E-state index contributed by atoms with van der Waals surface area (Å²) in [4.78, 5) is 0. The lowest BCUT2D eigenvalue weighted by molar-refractivity contribution is 1.16. The summed E-state index contributed by atoms with van der Waals surface area (Å²) in [7, 11) is 0. The molecule has 0 saturated carbocycles. The van der Waals surface area contributed by atoms with Crippen LogP contribution in [0, 0.1) is 0 Å². The summed E-state index contributed by atoms with van der Waals surface area (Å²) in [5.74, 6) is 0. The molecule has 1 aliphatic carbocycles. The molecule has 9 rings (SSSR count). The highest BCUT2D eigenvalue weighted by atomic mass is 15.0. The molecular formula is C37H24N2. The van der Waals surface area contributed by atoms with Crippen LogP contribution in [0.2, 0.25) is 0 Å². The van der Waals surface area contributed by atoms with Gasteiger partial charge in [0.25, 0.3) is 0 Å². The molecule has 182 valence electrons. The molecule has 0 radical (unpaired) electrons. The van der Waals surface area contributed by atoms with Gasteiger partial charge < -0.3 is 9.13 Å². The number of para-hydroxylation sites is 3. The minimum absolute atomic E-state index is 0.989. The first kappa shape index (κ1) is 20.9. The second kappa shape index (κ2) is 7.72. The van der Waals surface area contributed by atoms with E-state index in [2.05, 4.69) is 143 Å². The Morgan fingerprint density at radius 3 is 1.97 bits per heavy atom. The third-order valence-corrected chi connectivity index (χ3v) is 8.52. The summed E-state index contributed by atoms with van der Waals surface area (Å²) in [6.45, 7) is 0. The van der Waals surface area contributed by atoms with Crippen molar-refractivity contribution in [2.45, 2.75) is 6.42 Å². The van der Waals surface area contributed by atoms with Gasteiger partial charge in [-0.15, -0.1) is 0 Å². The molecule has 0 N–H and O–H groups in total. The summed E-state index contributed by atoms with van der Waals surface area (Å²) in [5, 5.41) is 5.15. The summed E-state index contributed by atoms with van der Waals surface area (Å²) in [6, 6.07) is 48.9. The zero-order valence-electron chi connectivity index (χ0n) is 21.3. The second-order valence-corrected chi connectivity index (χ2v) is 10.6. The quantitative estimate of drug-likeness (QED) is 0.226. The van der Waals surface area contributed by atoms with Crippen LogP contribution in [-0.4, -0.2) is 9.13 Å². The lowest BCUT2D eigenvalue weighted by Gasteiger charge is -2.11. The molecule has 0 saturated heterocycles. The molecule has 0 spiro atoms. The lowest BCUT2D eigenvalue weighted by atomic mass is 10.1. The molecule has 0 bridgehead atoms. The van der Waals surface area contributed by atoms with E-state index in [4.69, 9.17) is 0 Å². The summed E-state index contributed by atoms with van der Waals surface area (Å²) >= 11 is 0. The predicted octanol–water partition coefficient (Wildman–Crippen LogP) is 9.45. The first-order chi connectivity index (χ1) is 19.4. The lowest BCUT2D eigenvalue weighted by Crippen LogP contribution is -1.96. The summed E-state index contributed by atoms with van der Waals surface area (Å²) in [6.07, 6.45) is 0.989. The summed E-state index contributed by atoms with van der Waals surface area (Å²) in [5.41, 5.74) is 12.9. The van der Waals surface area contributed by atoms with E-state index >= 15 is 0 Å². The topological polar surface area (TPSA) is 9.86 Å².